The number of hydrogen-bond acceptors (Lipinski definition) is 9. The van der Waals surface area contributed by atoms with Gasteiger partial charge in [0, 0.05) is 48.9 Å². The predicted octanol–water partition coefficient (Wildman–Crippen LogP) is 0.235. The Morgan fingerprint density at radius 3 is 2.53 bits per heavy atom. The van der Waals surface area contributed by atoms with E-state index in [2.05, 4.69) is 26.3 Å². The van der Waals surface area contributed by atoms with E-state index in [9.17, 15) is 15.4 Å². The van der Waals surface area contributed by atoms with Crippen LogP contribution in [0, 0.1) is 21.4 Å². The van der Waals surface area contributed by atoms with Crippen LogP contribution in [0.15, 0.2) is 48.8 Å². The van der Waals surface area contributed by atoms with Gasteiger partial charge in [0.1, 0.15) is 24.2 Å². The van der Waals surface area contributed by atoms with E-state index < -0.39 is 4.92 Å². The fourth-order valence-corrected chi connectivity index (χ4v) is 4.70. The quantitative estimate of drug-likeness (QED) is 0.148. The SMILES string of the molecule is COc1ccc([N+](=O)[O-])cc1Nc1ncc(C#N)c(-c2cn(C)c3cc(OCCN4CCCC4)ccc23)n1.[H-].[K+].[K][K].[K][K]. The third-order valence-corrected chi connectivity index (χ3v) is 6.64. The fourth-order valence-electron chi connectivity index (χ4n) is 4.70. The number of nitrogens with zero attached hydrogens (tertiary/aromatic N) is 6. The maximum atomic E-state index is 11.3. The monoisotopic (exact) mass is 709 g/mol. The van der Waals surface area contributed by atoms with Crippen LogP contribution in [0.5, 0.6) is 11.5 Å². The summed E-state index contributed by atoms with van der Waals surface area (Å²) >= 11 is 5.00. The molecule has 0 spiro atoms. The summed E-state index contributed by atoms with van der Waals surface area (Å²) in [6.45, 7) is 3.81. The van der Waals surface area contributed by atoms with Gasteiger partial charge in [0.15, 0.2) is 0 Å². The van der Waals surface area contributed by atoms with Gasteiger partial charge >= 0.3 is 178 Å². The zero-order valence-corrected chi connectivity index (χ0v) is 41.8. The van der Waals surface area contributed by atoms with Crippen LogP contribution < -0.4 is 66.2 Å². The molecule has 1 N–H and O–H groups in total. The van der Waals surface area contributed by atoms with Gasteiger partial charge in [-0.3, -0.25) is 15.0 Å². The first kappa shape index (κ1) is 42.7. The Balaban J connectivity index is 0.00000155. The van der Waals surface area contributed by atoms with Crippen molar-refractivity contribution in [1.29, 1.82) is 5.26 Å². The fraction of sp³-hybridized carbons (Fsp3) is 0.296. The van der Waals surface area contributed by atoms with Gasteiger partial charge in [0.05, 0.1) is 40.7 Å². The summed E-state index contributed by atoms with van der Waals surface area (Å²) in [6, 6.07) is 12.3. The minimum absolute atomic E-state index is 0. The first-order chi connectivity index (χ1) is 20.5. The summed E-state index contributed by atoms with van der Waals surface area (Å²) in [6.07, 6.45) is 5.85. The average Bonchev–Trinajstić information content (AvgIpc) is 3.66. The summed E-state index contributed by atoms with van der Waals surface area (Å²) in [4.78, 5) is 22.0. The maximum absolute atomic E-state index is 11.3. The third kappa shape index (κ3) is 12.3. The van der Waals surface area contributed by atoms with Crippen LogP contribution in [0.2, 0.25) is 0 Å². The summed E-state index contributed by atoms with van der Waals surface area (Å²) in [5, 5.41) is 24.9. The third-order valence-electron chi connectivity index (χ3n) is 6.64. The van der Waals surface area contributed by atoms with Crippen LogP contribution in [0.4, 0.5) is 17.3 Å². The molecule has 5 rings (SSSR count). The van der Waals surface area contributed by atoms with Gasteiger partial charge in [0.25, 0.3) is 5.69 Å². The second kappa shape index (κ2) is 23.1. The number of aromatic nitrogens is 3. The number of aryl methyl sites for hydroxylation is 1. The van der Waals surface area contributed by atoms with Crippen LogP contribution in [-0.4, -0.2) is 184 Å². The second-order valence-corrected chi connectivity index (χ2v) is 9.06. The molecule has 1 aliphatic rings. The number of anilines is 2. The molecule has 0 amide bonds. The topological polar surface area (TPSA) is 131 Å². The van der Waals surface area contributed by atoms with Crippen LogP contribution in [0.3, 0.4) is 0 Å². The van der Waals surface area contributed by atoms with Crippen molar-refractivity contribution in [3.05, 3.63) is 64.5 Å². The molecule has 43 heavy (non-hydrogen) atoms. The van der Waals surface area contributed by atoms with Crippen LogP contribution in [0.1, 0.15) is 19.8 Å². The summed E-state index contributed by atoms with van der Waals surface area (Å²) < 4.78 is 13.3. The van der Waals surface area contributed by atoms with Crippen molar-refractivity contribution in [2.45, 2.75) is 12.8 Å². The molecular formula is C27H28K5N7O4. The molecule has 0 aliphatic carbocycles. The molecule has 1 fully saturated rings. The Labute approximate surface area is 386 Å². The van der Waals surface area contributed by atoms with Gasteiger partial charge in [-0.05, 0) is 44.1 Å². The van der Waals surface area contributed by atoms with Crippen molar-refractivity contribution in [2.24, 2.45) is 7.05 Å². The molecular weight excluding hydrogens is 682 g/mol. The second-order valence-electron chi connectivity index (χ2n) is 9.06. The zero-order chi connectivity index (χ0) is 30.6. The predicted molar refractivity (Wildman–Crippen MR) is 167 cm³/mol. The number of likely N-dealkylation sites (tertiary alicyclic amines) is 1. The van der Waals surface area contributed by atoms with Gasteiger partial charge in [-0.2, -0.15) is 5.26 Å². The van der Waals surface area contributed by atoms with E-state index in [4.69, 9.17) is 9.47 Å². The number of nitriles is 1. The van der Waals surface area contributed by atoms with E-state index in [-0.39, 0.29) is 64.4 Å². The molecule has 0 radical (unpaired) electrons. The van der Waals surface area contributed by atoms with Crippen LogP contribution in [0.25, 0.3) is 22.2 Å². The van der Waals surface area contributed by atoms with Crippen molar-refractivity contribution in [2.75, 3.05) is 38.7 Å². The van der Waals surface area contributed by atoms with Gasteiger partial charge in [-0.1, -0.05) is 0 Å². The van der Waals surface area contributed by atoms with E-state index in [1.54, 1.807) is 0 Å². The zero-order valence-electron chi connectivity index (χ0n) is 27.2. The van der Waals surface area contributed by atoms with E-state index in [1.165, 1.54) is 171 Å². The summed E-state index contributed by atoms with van der Waals surface area (Å²) in [5.74, 6) is 1.36. The van der Waals surface area contributed by atoms with Crippen molar-refractivity contribution in [3.63, 3.8) is 0 Å². The standard InChI is InChI=1S/C27H27N7O4.5K.H/c1-32-17-22(21-7-6-20(14-24(21)32)38-12-11-33-9-3-4-10-33)26-18(15-28)16-29-27(31-26)30-23-13-19(34(35)36)5-8-25(23)37-2;;;;;;/h5-8,13-14,16-17H,3-4,9-12H2,1-2H3,(H,29,30,31);;;;;;/q;;;;;+1;-1. The molecule has 200 valence electrons. The molecule has 0 unspecified atom stereocenters. The summed E-state index contributed by atoms with van der Waals surface area (Å²) in [7, 11) is 3.40. The number of hydrogen-bond donors (Lipinski definition) is 1. The normalized spacial score (nSPS) is 12.2. The number of fused-ring (bicyclic) bond motifs is 1. The van der Waals surface area contributed by atoms with E-state index in [0.29, 0.717) is 29.3 Å². The molecule has 4 aromatic rings. The van der Waals surface area contributed by atoms with Gasteiger partial charge in [-0.15, -0.1) is 0 Å². The van der Waals surface area contributed by atoms with E-state index in [0.717, 1.165) is 41.9 Å². The molecule has 1 saturated heterocycles. The first-order valence-electron chi connectivity index (χ1n) is 14.3. The van der Waals surface area contributed by atoms with Crippen LogP contribution in [-0.2, 0) is 7.05 Å². The van der Waals surface area contributed by atoms with Crippen molar-refractivity contribution < 1.29 is 67.2 Å². The molecule has 1 aliphatic heterocycles. The van der Waals surface area contributed by atoms with E-state index in [1.807, 2.05) is 36.0 Å². The average molecular weight is 710 g/mol. The number of nitro benzene ring substituents is 1. The molecule has 0 bridgehead atoms. The molecule has 2 aromatic heterocycles. The number of ether oxygens (including phenoxy) is 2. The number of methoxy groups -OCH3 is 1. The number of nitrogens with one attached hydrogen (secondary N) is 1. The van der Waals surface area contributed by atoms with Crippen molar-refractivity contribution in [3.8, 4) is 28.8 Å². The molecule has 0 atom stereocenters. The Bertz CT molecular complexity index is 1570. The molecule has 2 aromatic carbocycles. The van der Waals surface area contributed by atoms with Crippen molar-refractivity contribution >= 4 is 155 Å². The van der Waals surface area contributed by atoms with Gasteiger partial charge < -0.3 is 20.8 Å². The first-order valence-corrected chi connectivity index (χ1v) is 46.3. The van der Waals surface area contributed by atoms with Gasteiger partial charge in [0.2, 0.25) is 5.95 Å². The number of nitro groups is 1. The Morgan fingerprint density at radius 2 is 1.88 bits per heavy atom. The number of rotatable bonds is 9. The van der Waals surface area contributed by atoms with Crippen LogP contribution >= 0.6 is 0 Å². The molecule has 16 heteroatoms. The minimum atomic E-state index is -0.490. The number of benzene rings is 2. The molecule has 11 nitrogen and oxygen atoms in total. The Kier molecular flexibility index (Phi) is 22.9. The number of non-ortho nitro benzene ring substituents is 1. The van der Waals surface area contributed by atoms with E-state index >= 15 is 0 Å². The van der Waals surface area contributed by atoms with Crippen molar-refractivity contribution in [1.82, 2.24) is 19.4 Å². The Morgan fingerprint density at radius 1 is 1.16 bits per heavy atom. The summed E-state index contributed by atoms with van der Waals surface area (Å²) in [5.41, 5.74) is 2.69. The van der Waals surface area contributed by atoms with Gasteiger partial charge in [-0.25, -0.2) is 9.97 Å². The molecule has 0 saturated carbocycles. The molecule has 3 heterocycles. The Hall–Kier alpha value is 3.49.